The molecule has 2 aromatic rings. The Hall–Kier alpha value is -2.37. The summed E-state index contributed by atoms with van der Waals surface area (Å²) < 4.78 is 6.70. The summed E-state index contributed by atoms with van der Waals surface area (Å²) in [6.07, 6.45) is 1.52. The first kappa shape index (κ1) is 15.0. The van der Waals surface area contributed by atoms with Crippen molar-refractivity contribution in [1.82, 2.24) is 14.8 Å². The molecule has 0 fully saturated rings. The third-order valence-corrected chi connectivity index (χ3v) is 3.12. The van der Waals surface area contributed by atoms with E-state index in [1.54, 1.807) is 29.8 Å². The zero-order valence-electron chi connectivity index (χ0n) is 12.6. The lowest BCUT2D eigenvalue weighted by Crippen LogP contribution is -2.09. The summed E-state index contributed by atoms with van der Waals surface area (Å²) in [6, 6.07) is 5.07. The molecule has 0 aliphatic heterocycles. The van der Waals surface area contributed by atoms with E-state index < -0.39 is 0 Å². The molecule has 1 heterocycles. The van der Waals surface area contributed by atoms with Gasteiger partial charge in [0.15, 0.2) is 5.82 Å². The Morgan fingerprint density at radius 1 is 1.29 bits per heavy atom. The van der Waals surface area contributed by atoms with Gasteiger partial charge in [-0.15, -0.1) is 0 Å². The Bertz CT molecular complexity index is 649. The van der Waals surface area contributed by atoms with E-state index in [-0.39, 0.29) is 5.97 Å². The molecule has 0 spiro atoms. The maximum atomic E-state index is 11.7. The summed E-state index contributed by atoms with van der Waals surface area (Å²) in [4.78, 5) is 16.2. The van der Waals surface area contributed by atoms with Crippen LogP contribution >= 0.6 is 0 Å². The Kier molecular flexibility index (Phi) is 4.57. The lowest BCUT2D eigenvalue weighted by Gasteiger charge is -2.09. The summed E-state index contributed by atoms with van der Waals surface area (Å²) in [6.45, 7) is 6.13. The Labute approximate surface area is 123 Å². The molecule has 0 amide bonds. The molecule has 1 aromatic carbocycles. The van der Waals surface area contributed by atoms with Crippen LogP contribution in [0.5, 0.6) is 0 Å². The van der Waals surface area contributed by atoms with Crippen molar-refractivity contribution in [2.75, 3.05) is 12.3 Å². The minimum absolute atomic E-state index is 0.337. The maximum Gasteiger partial charge on any atom is 0.338 e. The topological polar surface area (TPSA) is 83.0 Å². The van der Waals surface area contributed by atoms with Crippen LogP contribution in [-0.4, -0.2) is 27.3 Å². The van der Waals surface area contributed by atoms with Crippen LogP contribution in [-0.2, 0) is 17.6 Å². The van der Waals surface area contributed by atoms with Gasteiger partial charge >= 0.3 is 5.97 Å². The Balaban J connectivity index is 2.41. The fourth-order valence-electron chi connectivity index (χ4n) is 2.05. The summed E-state index contributed by atoms with van der Waals surface area (Å²) in [5.41, 5.74) is 7.71. The minimum Gasteiger partial charge on any atom is -0.462 e. The number of carbonyl (C=O) groups excluding carboxylic acids is 1. The normalized spacial score (nSPS) is 10.6. The number of hydrogen-bond acceptors (Lipinski definition) is 5. The second-order valence-corrected chi connectivity index (χ2v) is 4.56. The molecule has 0 atom stereocenters. The number of esters is 1. The van der Waals surface area contributed by atoms with Crippen molar-refractivity contribution in [2.24, 2.45) is 0 Å². The average molecular weight is 288 g/mol. The zero-order valence-corrected chi connectivity index (χ0v) is 12.6. The van der Waals surface area contributed by atoms with E-state index >= 15 is 0 Å². The Morgan fingerprint density at radius 3 is 2.62 bits per heavy atom. The molecule has 112 valence electrons. The SMILES string of the molecule is CCOC(=O)c1ccc(-n2nc(CC)nc2CC)c(N)c1. The number of ether oxygens (including phenoxy) is 1. The smallest absolute Gasteiger partial charge is 0.338 e. The van der Waals surface area contributed by atoms with E-state index in [2.05, 4.69) is 10.1 Å². The number of aromatic nitrogens is 3. The number of nitrogen functional groups attached to an aromatic ring is 1. The molecule has 2 N–H and O–H groups in total. The van der Waals surface area contributed by atoms with E-state index in [0.717, 1.165) is 30.2 Å². The molecular formula is C15H20N4O2. The first-order chi connectivity index (χ1) is 10.1. The average Bonchev–Trinajstić information content (AvgIpc) is 2.90. The fraction of sp³-hybridized carbons (Fsp3) is 0.400. The predicted molar refractivity (Wildman–Crippen MR) is 80.5 cm³/mol. The second kappa shape index (κ2) is 6.39. The minimum atomic E-state index is -0.376. The number of carbonyl (C=O) groups is 1. The monoisotopic (exact) mass is 288 g/mol. The van der Waals surface area contributed by atoms with Crippen molar-refractivity contribution < 1.29 is 9.53 Å². The number of anilines is 1. The van der Waals surface area contributed by atoms with Crippen LogP contribution in [0.4, 0.5) is 5.69 Å². The molecule has 0 unspecified atom stereocenters. The van der Waals surface area contributed by atoms with E-state index in [4.69, 9.17) is 10.5 Å². The largest absolute Gasteiger partial charge is 0.462 e. The van der Waals surface area contributed by atoms with Gasteiger partial charge in [-0.3, -0.25) is 0 Å². The van der Waals surface area contributed by atoms with Crippen molar-refractivity contribution in [3.63, 3.8) is 0 Å². The quantitative estimate of drug-likeness (QED) is 0.673. The van der Waals surface area contributed by atoms with Crippen molar-refractivity contribution in [3.05, 3.63) is 35.4 Å². The van der Waals surface area contributed by atoms with E-state index in [1.165, 1.54) is 0 Å². The van der Waals surface area contributed by atoms with Crippen LogP contribution in [0.1, 0.15) is 42.8 Å². The van der Waals surface area contributed by atoms with Gasteiger partial charge in [-0.1, -0.05) is 13.8 Å². The van der Waals surface area contributed by atoms with Gasteiger partial charge in [0, 0.05) is 12.8 Å². The molecular weight excluding hydrogens is 268 g/mol. The van der Waals surface area contributed by atoms with Gasteiger partial charge in [-0.25, -0.2) is 14.5 Å². The summed E-state index contributed by atoms with van der Waals surface area (Å²) in [7, 11) is 0. The van der Waals surface area contributed by atoms with Crippen molar-refractivity contribution in [2.45, 2.75) is 33.6 Å². The summed E-state index contributed by atoms with van der Waals surface area (Å²) in [5, 5.41) is 4.45. The molecule has 0 bridgehead atoms. The molecule has 1 aromatic heterocycles. The third-order valence-electron chi connectivity index (χ3n) is 3.12. The van der Waals surface area contributed by atoms with E-state index in [1.807, 2.05) is 13.8 Å². The Morgan fingerprint density at radius 2 is 2.05 bits per heavy atom. The van der Waals surface area contributed by atoms with Crippen LogP contribution in [0.3, 0.4) is 0 Å². The first-order valence-electron chi connectivity index (χ1n) is 7.12. The highest BCUT2D eigenvalue weighted by atomic mass is 16.5. The van der Waals surface area contributed by atoms with E-state index in [0.29, 0.717) is 17.9 Å². The number of aryl methyl sites for hydroxylation is 2. The molecule has 2 rings (SSSR count). The number of nitrogens with zero attached hydrogens (tertiary/aromatic N) is 3. The number of nitrogens with two attached hydrogens (primary N) is 1. The second-order valence-electron chi connectivity index (χ2n) is 4.56. The predicted octanol–water partition coefficient (Wildman–Crippen LogP) is 2.15. The van der Waals surface area contributed by atoms with Crippen LogP contribution in [0.2, 0.25) is 0 Å². The van der Waals surface area contributed by atoms with Gasteiger partial charge in [-0.05, 0) is 25.1 Å². The molecule has 6 nitrogen and oxygen atoms in total. The molecule has 0 saturated carbocycles. The van der Waals surface area contributed by atoms with Gasteiger partial charge in [-0.2, -0.15) is 5.10 Å². The summed E-state index contributed by atoms with van der Waals surface area (Å²) in [5.74, 6) is 1.25. The van der Waals surface area contributed by atoms with Crippen LogP contribution in [0.25, 0.3) is 5.69 Å². The lowest BCUT2D eigenvalue weighted by molar-refractivity contribution is 0.0526. The molecule has 0 aliphatic carbocycles. The van der Waals surface area contributed by atoms with Crippen LogP contribution < -0.4 is 5.73 Å². The fourth-order valence-corrected chi connectivity index (χ4v) is 2.05. The zero-order chi connectivity index (χ0) is 15.4. The number of rotatable bonds is 5. The first-order valence-corrected chi connectivity index (χ1v) is 7.12. The summed E-state index contributed by atoms with van der Waals surface area (Å²) >= 11 is 0. The van der Waals surface area contributed by atoms with Gasteiger partial charge in [0.05, 0.1) is 23.5 Å². The molecule has 0 aliphatic rings. The lowest BCUT2D eigenvalue weighted by atomic mass is 10.1. The number of hydrogen-bond donors (Lipinski definition) is 1. The standard InChI is InChI=1S/C15H20N4O2/c1-4-13-17-14(5-2)19(18-13)12-8-7-10(9-11(12)16)15(20)21-6-3/h7-9H,4-6,16H2,1-3H3. The maximum absolute atomic E-state index is 11.7. The third kappa shape index (κ3) is 3.04. The van der Waals surface area contributed by atoms with Crippen LogP contribution in [0.15, 0.2) is 18.2 Å². The van der Waals surface area contributed by atoms with Crippen molar-refractivity contribution in [3.8, 4) is 5.69 Å². The van der Waals surface area contributed by atoms with E-state index in [9.17, 15) is 4.79 Å². The molecule has 6 heteroatoms. The van der Waals surface area contributed by atoms with Gasteiger partial charge in [0.2, 0.25) is 0 Å². The highest BCUT2D eigenvalue weighted by Gasteiger charge is 2.14. The highest BCUT2D eigenvalue weighted by molar-refractivity contribution is 5.91. The molecule has 0 saturated heterocycles. The number of benzene rings is 1. The highest BCUT2D eigenvalue weighted by Crippen LogP contribution is 2.20. The van der Waals surface area contributed by atoms with Gasteiger partial charge < -0.3 is 10.5 Å². The van der Waals surface area contributed by atoms with Gasteiger partial charge in [0.25, 0.3) is 0 Å². The molecule has 21 heavy (non-hydrogen) atoms. The van der Waals surface area contributed by atoms with Crippen LogP contribution in [0, 0.1) is 0 Å². The van der Waals surface area contributed by atoms with Crippen molar-refractivity contribution >= 4 is 11.7 Å². The molecule has 0 radical (unpaired) electrons. The van der Waals surface area contributed by atoms with Gasteiger partial charge in [0.1, 0.15) is 5.82 Å². The van der Waals surface area contributed by atoms with Crippen molar-refractivity contribution in [1.29, 1.82) is 0 Å².